The predicted octanol–water partition coefficient (Wildman–Crippen LogP) is 0.437. The summed E-state index contributed by atoms with van der Waals surface area (Å²) in [6.45, 7) is 0. The summed E-state index contributed by atoms with van der Waals surface area (Å²) in [6.07, 6.45) is 8.81. The molecule has 11 heavy (non-hydrogen) atoms. The van der Waals surface area contributed by atoms with Crippen molar-refractivity contribution < 1.29 is 5.11 Å². The van der Waals surface area contributed by atoms with Gasteiger partial charge in [0.25, 0.3) is 0 Å². The van der Waals surface area contributed by atoms with Crippen LogP contribution in [-0.4, -0.2) is 17.3 Å². The fourth-order valence-corrected chi connectivity index (χ4v) is 2.01. The molecule has 2 heteroatoms. The first kappa shape index (κ1) is 7.07. The summed E-state index contributed by atoms with van der Waals surface area (Å²) in [7, 11) is 0. The Kier molecular flexibility index (Phi) is 1.59. The van der Waals surface area contributed by atoms with E-state index in [2.05, 4.69) is 12.2 Å². The van der Waals surface area contributed by atoms with E-state index in [1.165, 1.54) is 0 Å². The van der Waals surface area contributed by atoms with Gasteiger partial charge in [0, 0.05) is 12.0 Å². The van der Waals surface area contributed by atoms with Crippen LogP contribution >= 0.6 is 0 Å². The summed E-state index contributed by atoms with van der Waals surface area (Å²) in [5, 5.41) is 9.44. The van der Waals surface area contributed by atoms with Crippen molar-refractivity contribution in [3.05, 3.63) is 24.3 Å². The summed E-state index contributed by atoms with van der Waals surface area (Å²) in [5.74, 6) is 0.847. The first-order valence-corrected chi connectivity index (χ1v) is 4.07. The van der Waals surface area contributed by atoms with Crippen molar-refractivity contribution in [2.75, 3.05) is 0 Å². The minimum Gasteiger partial charge on any atom is -0.391 e. The van der Waals surface area contributed by atoms with Crippen LogP contribution in [0.25, 0.3) is 0 Å². The lowest BCUT2D eigenvalue weighted by Gasteiger charge is -2.18. The van der Waals surface area contributed by atoms with Gasteiger partial charge in [0.05, 0.1) is 6.10 Å². The number of fused-ring (bicyclic) bond motifs is 1. The van der Waals surface area contributed by atoms with Gasteiger partial charge in [-0.1, -0.05) is 24.3 Å². The molecule has 4 atom stereocenters. The third kappa shape index (κ3) is 1.03. The van der Waals surface area contributed by atoms with Gasteiger partial charge in [0.2, 0.25) is 0 Å². The highest BCUT2D eigenvalue weighted by atomic mass is 16.3. The van der Waals surface area contributed by atoms with Gasteiger partial charge in [-0.3, -0.25) is 0 Å². The van der Waals surface area contributed by atoms with E-state index in [1.54, 1.807) is 0 Å². The average Bonchev–Trinajstić information content (AvgIpc) is 2.30. The van der Waals surface area contributed by atoms with Gasteiger partial charge in [0.1, 0.15) is 0 Å². The Bertz CT molecular complexity index is 210. The molecule has 1 saturated carbocycles. The molecule has 0 aliphatic heterocycles. The Hall–Kier alpha value is -0.600. The van der Waals surface area contributed by atoms with E-state index in [0.29, 0.717) is 11.8 Å². The van der Waals surface area contributed by atoms with Crippen molar-refractivity contribution in [2.45, 2.75) is 18.6 Å². The van der Waals surface area contributed by atoms with E-state index >= 15 is 0 Å². The average molecular weight is 151 g/mol. The van der Waals surface area contributed by atoms with Crippen LogP contribution in [0, 0.1) is 11.8 Å². The van der Waals surface area contributed by atoms with Crippen molar-refractivity contribution >= 4 is 0 Å². The molecule has 2 rings (SSSR count). The molecule has 0 heterocycles. The van der Waals surface area contributed by atoms with Crippen molar-refractivity contribution in [3.8, 4) is 0 Å². The molecule has 3 N–H and O–H groups in total. The summed E-state index contributed by atoms with van der Waals surface area (Å²) < 4.78 is 0. The second kappa shape index (κ2) is 2.47. The molecule has 0 saturated heterocycles. The summed E-state index contributed by atoms with van der Waals surface area (Å²) in [4.78, 5) is 0. The number of allylic oxidation sites excluding steroid dienone is 3. The quantitative estimate of drug-likeness (QED) is 0.527. The minimum absolute atomic E-state index is 0.0544. The maximum Gasteiger partial charge on any atom is 0.0702 e. The summed E-state index contributed by atoms with van der Waals surface area (Å²) in [6, 6.07) is -0.0544. The Morgan fingerprint density at radius 1 is 1.27 bits per heavy atom. The molecule has 0 amide bonds. The summed E-state index contributed by atoms with van der Waals surface area (Å²) in [5.41, 5.74) is 5.80. The highest BCUT2D eigenvalue weighted by molar-refractivity contribution is 5.19. The fourth-order valence-electron chi connectivity index (χ4n) is 2.01. The lowest BCUT2D eigenvalue weighted by molar-refractivity contribution is 0.159. The zero-order valence-corrected chi connectivity index (χ0v) is 6.35. The number of nitrogens with two attached hydrogens (primary N) is 1. The molecule has 2 aliphatic rings. The second-order valence-electron chi connectivity index (χ2n) is 3.39. The molecule has 0 aromatic heterocycles. The van der Waals surface area contributed by atoms with E-state index < -0.39 is 0 Å². The molecule has 1 fully saturated rings. The van der Waals surface area contributed by atoms with E-state index in [9.17, 15) is 5.11 Å². The topological polar surface area (TPSA) is 46.2 Å². The first-order chi connectivity index (χ1) is 5.29. The molecule has 0 aromatic carbocycles. The van der Waals surface area contributed by atoms with Gasteiger partial charge >= 0.3 is 0 Å². The molecule has 0 bridgehead atoms. The molecule has 0 radical (unpaired) electrons. The molecule has 0 spiro atoms. The molecule has 60 valence electrons. The lowest BCUT2D eigenvalue weighted by Crippen LogP contribution is -2.34. The number of rotatable bonds is 0. The fraction of sp³-hybridized carbons (Fsp3) is 0.556. The molecular weight excluding hydrogens is 138 g/mol. The largest absolute Gasteiger partial charge is 0.391 e. The van der Waals surface area contributed by atoms with Gasteiger partial charge in [-0.2, -0.15) is 0 Å². The third-order valence-corrected chi connectivity index (χ3v) is 2.70. The van der Waals surface area contributed by atoms with E-state index in [0.717, 1.165) is 6.42 Å². The highest BCUT2D eigenvalue weighted by Gasteiger charge is 2.37. The van der Waals surface area contributed by atoms with Crippen LogP contribution in [0.5, 0.6) is 0 Å². The van der Waals surface area contributed by atoms with Crippen molar-refractivity contribution in [1.29, 1.82) is 0 Å². The second-order valence-corrected chi connectivity index (χ2v) is 3.39. The first-order valence-electron chi connectivity index (χ1n) is 4.07. The van der Waals surface area contributed by atoms with E-state index in [4.69, 9.17) is 5.73 Å². The van der Waals surface area contributed by atoms with Gasteiger partial charge in [-0.15, -0.1) is 0 Å². The highest BCUT2D eigenvalue weighted by Crippen LogP contribution is 2.34. The maximum absolute atomic E-state index is 9.44. The minimum atomic E-state index is -0.308. The third-order valence-electron chi connectivity index (χ3n) is 2.70. The van der Waals surface area contributed by atoms with Gasteiger partial charge in [-0.05, 0) is 12.3 Å². The monoisotopic (exact) mass is 151 g/mol. The van der Waals surface area contributed by atoms with Crippen LogP contribution in [-0.2, 0) is 0 Å². The van der Waals surface area contributed by atoms with Crippen LogP contribution in [0.2, 0.25) is 0 Å². The van der Waals surface area contributed by atoms with Crippen molar-refractivity contribution in [3.63, 3.8) is 0 Å². The van der Waals surface area contributed by atoms with Crippen LogP contribution in [0.4, 0.5) is 0 Å². The Morgan fingerprint density at radius 3 is 2.73 bits per heavy atom. The maximum atomic E-state index is 9.44. The number of aliphatic hydroxyl groups is 1. The number of aliphatic hydroxyl groups excluding tert-OH is 1. The van der Waals surface area contributed by atoms with E-state index in [1.807, 2.05) is 12.2 Å². The smallest absolute Gasteiger partial charge is 0.0702 e. The number of hydrogen-bond acceptors (Lipinski definition) is 2. The molecule has 2 nitrogen and oxygen atoms in total. The lowest BCUT2D eigenvalue weighted by atomic mass is 9.90. The predicted molar refractivity (Wildman–Crippen MR) is 43.9 cm³/mol. The zero-order valence-electron chi connectivity index (χ0n) is 6.35. The normalized spacial score (nSPS) is 47.8. The van der Waals surface area contributed by atoms with Gasteiger partial charge in [-0.25, -0.2) is 0 Å². The van der Waals surface area contributed by atoms with E-state index in [-0.39, 0.29) is 12.1 Å². The molecular formula is C9H13NO. The standard InChI is InChI=1S/C9H13NO/c10-9-7-4-2-1-3-6(7)5-8(9)11/h1-4,6-9,11H,5,10H2/t6?,7?,8-,9+/m1/s1. The Balaban J connectivity index is 2.20. The van der Waals surface area contributed by atoms with Crippen molar-refractivity contribution in [1.82, 2.24) is 0 Å². The summed E-state index contributed by atoms with van der Waals surface area (Å²) >= 11 is 0. The molecule has 0 aromatic rings. The van der Waals surface area contributed by atoms with Crippen LogP contribution in [0.3, 0.4) is 0 Å². The van der Waals surface area contributed by atoms with Crippen molar-refractivity contribution in [2.24, 2.45) is 17.6 Å². The van der Waals surface area contributed by atoms with Crippen LogP contribution in [0.15, 0.2) is 24.3 Å². The zero-order chi connectivity index (χ0) is 7.84. The van der Waals surface area contributed by atoms with Gasteiger partial charge in [0.15, 0.2) is 0 Å². The molecule has 2 unspecified atom stereocenters. The molecule has 2 aliphatic carbocycles. The Labute approximate surface area is 66.4 Å². The van der Waals surface area contributed by atoms with Crippen LogP contribution in [0.1, 0.15) is 6.42 Å². The Morgan fingerprint density at radius 2 is 2.00 bits per heavy atom. The van der Waals surface area contributed by atoms with Gasteiger partial charge < -0.3 is 10.8 Å². The van der Waals surface area contributed by atoms with Crippen LogP contribution < -0.4 is 5.73 Å². The number of hydrogen-bond donors (Lipinski definition) is 2. The SMILES string of the molecule is N[C@H]1C2C=CC=CC2C[C@H]1O.